The molecule has 0 aliphatic carbocycles. The maximum Gasteiger partial charge on any atom is 0.352 e. The van der Waals surface area contributed by atoms with Crippen LogP contribution in [0.1, 0.15) is 16.2 Å². The van der Waals surface area contributed by atoms with Crippen molar-refractivity contribution in [1.29, 1.82) is 0 Å². The van der Waals surface area contributed by atoms with Crippen LogP contribution < -0.4 is 0 Å². The average molecular weight is 254 g/mol. The minimum atomic E-state index is -0.970. The highest BCUT2D eigenvalue weighted by Gasteiger charge is 2.11. The first-order valence-corrected chi connectivity index (χ1v) is 5.51. The van der Waals surface area contributed by atoms with Crippen molar-refractivity contribution >= 4 is 17.6 Å². The zero-order valence-electron chi connectivity index (χ0n) is 9.30. The van der Waals surface area contributed by atoms with Gasteiger partial charge in [0.2, 0.25) is 0 Å². The van der Waals surface area contributed by atoms with Gasteiger partial charge in [0.05, 0.1) is 5.02 Å². The van der Waals surface area contributed by atoms with Crippen LogP contribution in [0.4, 0.5) is 0 Å². The van der Waals surface area contributed by atoms with Gasteiger partial charge in [-0.25, -0.2) is 4.79 Å². The third-order valence-corrected chi connectivity index (χ3v) is 2.82. The Bertz CT molecular complexity index is 545. The van der Waals surface area contributed by atoms with E-state index in [2.05, 4.69) is 5.10 Å². The summed E-state index contributed by atoms with van der Waals surface area (Å²) in [5, 5.41) is 13.5. The minimum absolute atomic E-state index is 0.206. The van der Waals surface area contributed by atoms with Gasteiger partial charge in [0.25, 0.3) is 0 Å². The minimum Gasteiger partial charge on any atom is -0.477 e. The van der Waals surface area contributed by atoms with Crippen LogP contribution in [-0.4, -0.2) is 25.4 Å². The second-order valence-corrected chi connectivity index (χ2v) is 4.17. The number of carboxylic acid groups (broad SMARTS) is 1. The van der Waals surface area contributed by atoms with E-state index in [1.807, 2.05) is 13.1 Å². The summed E-state index contributed by atoms with van der Waals surface area (Å²) in [4.78, 5) is 11.0. The van der Waals surface area contributed by atoms with Crippen LogP contribution in [0.15, 0.2) is 24.5 Å². The predicted octanol–water partition coefficient (Wildman–Crippen LogP) is 1.82. The van der Waals surface area contributed by atoms with Gasteiger partial charge in [0.15, 0.2) is 0 Å². The van der Waals surface area contributed by atoms with Gasteiger partial charge < -0.3 is 9.67 Å². The molecule has 0 aromatic carbocycles. The van der Waals surface area contributed by atoms with E-state index in [0.29, 0.717) is 18.0 Å². The van der Waals surface area contributed by atoms with Crippen molar-refractivity contribution in [3.8, 4) is 0 Å². The number of carbonyl (C=O) groups is 1. The molecule has 0 aliphatic heterocycles. The van der Waals surface area contributed by atoms with Gasteiger partial charge in [0, 0.05) is 38.1 Å². The number of aromatic carboxylic acids is 1. The van der Waals surface area contributed by atoms with Crippen LogP contribution in [0, 0.1) is 0 Å². The van der Waals surface area contributed by atoms with Gasteiger partial charge in [-0.2, -0.15) is 5.10 Å². The van der Waals surface area contributed by atoms with Gasteiger partial charge in [0.1, 0.15) is 5.69 Å². The van der Waals surface area contributed by atoms with Gasteiger partial charge >= 0.3 is 5.97 Å². The van der Waals surface area contributed by atoms with E-state index in [1.165, 1.54) is 6.07 Å². The first kappa shape index (κ1) is 11.7. The molecule has 0 unspecified atom stereocenters. The maximum absolute atomic E-state index is 11.0. The Balaban J connectivity index is 2.14. The largest absolute Gasteiger partial charge is 0.477 e. The molecule has 0 aliphatic rings. The fourth-order valence-electron chi connectivity index (χ4n) is 1.72. The zero-order valence-corrected chi connectivity index (χ0v) is 10.1. The zero-order chi connectivity index (χ0) is 12.4. The molecule has 0 bridgehead atoms. The number of nitrogens with zero attached hydrogens (tertiary/aromatic N) is 3. The summed E-state index contributed by atoms with van der Waals surface area (Å²) in [7, 11) is 1.86. The lowest BCUT2D eigenvalue weighted by Crippen LogP contribution is -2.10. The maximum atomic E-state index is 11.0. The van der Waals surface area contributed by atoms with Crippen LogP contribution in [0.2, 0.25) is 5.02 Å². The van der Waals surface area contributed by atoms with E-state index in [0.717, 1.165) is 5.69 Å². The molecular formula is C11H12ClN3O2. The van der Waals surface area contributed by atoms with Crippen molar-refractivity contribution in [1.82, 2.24) is 14.3 Å². The van der Waals surface area contributed by atoms with Gasteiger partial charge in [-0.1, -0.05) is 11.6 Å². The molecule has 17 heavy (non-hydrogen) atoms. The van der Waals surface area contributed by atoms with Crippen molar-refractivity contribution in [3.63, 3.8) is 0 Å². The number of aromatic nitrogens is 3. The SMILES string of the molecule is Cn1nccc1CCn1cc(Cl)cc1C(=O)O. The molecule has 6 heteroatoms. The molecule has 2 rings (SSSR count). The summed E-state index contributed by atoms with van der Waals surface area (Å²) in [6.07, 6.45) is 4.05. The topological polar surface area (TPSA) is 60.0 Å². The fourth-order valence-corrected chi connectivity index (χ4v) is 1.94. The average Bonchev–Trinajstić information content (AvgIpc) is 2.82. The molecule has 5 nitrogen and oxygen atoms in total. The quantitative estimate of drug-likeness (QED) is 0.904. The summed E-state index contributed by atoms with van der Waals surface area (Å²) in [5.41, 5.74) is 1.25. The van der Waals surface area contributed by atoms with E-state index in [1.54, 1.807) is 21.6 Å². The molecule has 0 fully saturated rings. The summed E-state index contributed by atoms with van der Waals surface area (Å²) < 4.78 is 3.41. The monoisotopic (exact) mass is 253 g/mol. The Hall–Kier alpha value is -1.75. The van der Waals surface area contributed by atoms with Crippen molar-refractivity contribution in [2.45, 2.75) is 13.0 Å². The van der Waals surface area contributed by atoms with Crippen LogP contribution in [0.5, 0.6) is 0 Å². The Morgan fingerprint density at radius 3 is 2.94 bits per heavy atom. The second-order valence-electron chi connectivity index (χ2n) is 3.74. The van der Waals surface area contributed by atoms with Gasteiger partial charge in [-0.3, -0.25) is 4.68 Å². The van der Waals surface area contributed by atoms with Crippen LogP contribution in [0.3, 0.4) is 0 Å². The highest BCUT2D eigenvalue weighted by atomic mass is 35.5. The van der Waals surface area contributed by atoms with E-state index in [9.17, 15) is 4.79 Å². The molecule has 90 valence electrons. The lowest BCUT2D eigenvalue weighted by atomic mass is 10.3. The normalized spacial score (nSPS) is 10.7. The molecule has 0 amide bonds. The number of aryl methyl sites for hydroxylation is 3. The van der Waals surface area contributed by atoms with E-state index in [4.69, 9.17) is 16.7 Å². The second kappa shape index (κ2) is 4.63. The highest BCUT2D eigenvalue weighted by molar-refractivity contribution is 6.30. The molecule has 2 aromatic heterocycles. The molecular weight excluding hydrogens is 242 g/mol. The first-order chi connectivity index (χ1) is 8.08. The van der Waals surface area contributed by atoms with E-state index < -0.39 is 5.97 Å². The Morgan fingerprint density at radius 1 is 1.59 bits per heavy atom. The highest BCUT2D eigenvalue weighted by Crippen LogP contribution is 2.15. The van der Waals surface area contributed by atoms with Gasteiger partial charge in [-0.05, 0) is 12.1 Å². The first-order valence-electron chi connectivity index (χ1n) is 5.14. The standard InChI is InChI=1S/C11H12ClN3O2/c1-14-9(2-4-13-14)3-5-15-7-8(12)6-10(15)11(16)17/h2,4,6-7H,3,5H2,1H3,(H,16,17). The van der Waals surface area contributed by atoms with Crippen molar-refractivity contribution in [2.75, 3.05) is 0 Å². The Kier molecular flexibility index (Phi) is 3.19. The third kappa shape index (κ3) is 2.50. The number of hydrogen-bond acceptors (Lipinski definition) is 2. The Morgan fingerprint density at radius 2 is 2.35 bits per heavy atom. The number of rotatable bonds is 4. The molecule has 2 heterocycles. The molecule has 0 saturated carbocycles. The van der Waals surface area contributed by atoms with Crippen LogP contribution in [0.25, 0.3) is 0 Å². The molecule has 1 N–H and O–H groups in total. The Labute approximate surface area is 103 Å². The van der Waals surface area contributed by atoms with Crippen molar-refractivity contribution in [3.05, 3.63) is 40.9 Å². The molecule has 0 saturated heterocycles. The third-order valence-electron chi connectivity index (χ3n) is 2.61. The van der Waals surface area contributed by atoms with E-state index >= 15 is 0 Å². The number of hydrogen-bond donors (Lipinski definition) is 1. The molecule has 0 radical (unpaired) electrons. The molecule has 0 spiro atoms. The fraction of sp³-hybridized carbons (Fsp3) is 0.273. The summed E-state index contributed by atoms with van der Waals surface area (Å²) in [6, 6.07) is 3.36. The predicted molar refractivity (Wildman–Crippen MR) is 63.3 cm³/mol. The summed E-state index contributed by atoms with van der Waals surface area (Å²) in [5.74, 6) is -0.970. The lowest BCUT2D eigenvalue weighted by molar-refractivity contribution is 0.0685. The van der Waals surface area contributed by atoms with E-state index in [-0.39, 0.29) is 5.69 Å². The van der Waals surface area contributed by atoms with Crippen LogP contribution in [-0.2, 0) is 20.0 Å². The van der Waals surface area contributed by atoms with Gasteiger partial charge in [-0.15, -0.1) is 0 Å². The molecule has 2 aromatic rings. The lowest BCUT2D eigenvalue weighted by Gasteiger charge is -2.06. The number of halogens is 1. The molecule has 0 atom stereocenters. The number of carboxylic acids is 1. The summed E-state index contributed by atoms with van der Waals surface area (Å²) in [6.45, 7) is 0.563. The van der Waals surface area contributed by atoms with Crippen LogP contribution >= 0.6 is 11.6 Å². The summed E-state index contributed by atoms with van der Waals surface area (Å²) >= 11 is 5.80. The van der Waals surface area contributed by atoms with Crippen molar-refractivity contribution in [2.24, 2.45) is 7.05 Å². The smallest absolute Gasteiger partial charge is 0.352 e. The van der Waals surface area contributed by atoms with Crippen molar-refractivity contribution < 1.29 is 9.90 Å².